The van der Waals surface area contributed by atoms with Gasteiger partial charge in [-0.2, -0.15) is 0 Å². The summed E-state index contributed by atoms with van der Waals surface area (Å²) in [4.78, 5) is 3.72. The predicted molar refractivity (Wildman–Crippen MR) is 42.2 cm³/mol. The van der Waals surface area contributed by atoms with Crippen LogP contribution in [0.1, 0.15) is 11.7 Å². The van der Waals surface area contributed by atoms with Crippen molar-refractivity contribution < 1.29 is 4.39 Å². The van der Waals surface area contributed by atoms with Gasteiger partial charge < -0.3 is 5.73 Å². The van der Waals surface area contributed by atoms with Crippen molar-refractivity contribution in [3.8, 4) is 0 Å². The Bertz CT molecular complexity index is 242. The van der Waals surface area contributed by atoms with Crippen molar-refractivity contribution in [3.05, 3.63) is 29.0 Å². The van der Waals surface area contributed by atoms with Crippen LogP contribution in [-0.4, -0.2) is 11.5 Å². The molecule has 4 heteroatoms. The van der Waals surface area contributed by atoms with Crippen LogP contribution in [0.4, 0.5) is 4.39 Å². The summed E-state index contributed by atoms with van der Waals surface area (Å²) < 4.78 is 12.9. The summed E-state index contributed by atoms with van der Waals surface area (Å²) in [5.41, 5.74) is 5.47. The van der Waals surface area contributed by atoms with Crippen LogP contribution in [0, 0.1) is 0 Å². The fourth-order valence-corrected chi connectivity index (χ4v) is 0.997. The van der Waals surface area contributed by atoms with Crippen LogP contribution in [0.15, 0.2) is 18.3 Å². The smallest absolute Gasteiger partial charge is 0.140 e. The van der Waals surface area contributed by atoms with Crippen molar-refractivity contribution in [2.75, 3.05) is 6.54 Å². The molecule has 1 aromatic heterocycles. The van der Waals surface area contributed by atoms with Gasteiger partial charge in [0, 0.05) is 18.3 Å². The fourth-order valence-electron chi connectivity index (χ4n) is 0.759. The van der Waals surface area contributed by atoms with E-state index in [0.717, 1.165) is 0 Å². The van der Waals surface area contributed by atoms with Gasteiger partial charge in [0.05, 0.1) is 0 Å². The van der Waals surface area contributed by atoms with Gasteiger partial charge in [-0.3, -0.25) is 0 Å². The summed E-state index contributed by atoms with van der Waals surface area (Å²) in [6.45, 7) is -0.0641. The Balaban J connectivity index is 2.93. The first-order valence-corrected chi connectivity index (χ1v) is 3.58. The Kier molecular flexibility index (Phi) is 2.79. The molecule has 0 saturated heterocycles. The van der Waals surface area contributed by atoms with Crippen LogP contribution in [0.3, 0.4) is 0 Å². The minimum absolute atomic E-state index is 0.0641. The average molecular weight is 175 g/mol. The molecular weight excluding hydrogens is 167 g/mol. The van der Waals surface area contributed by atoms with Gasteiger partial charge in [0.25, 0.3) is 0 Å². The van der Waals surface area contributed by atoms with Crippen molar-refractivity contribution >= 4 is 11.6 Å². The third kappa shape index (κ3) is 1.88. The van der Waals surface area contributed by atoms with E-state index in [-0.39, 0.29) is 11.7 Å². The van der Waals surface area contributed by atoms with Gasteiger partial charge in [0.2, 0.25) is 0 Å². The highest BCUT2D eigenvalue weighted by atomic mass is 35.5. The lowest BCUT2D eigenvalue weighted by Crippen LogP contribution is -2.08. The van der Waals surface area contributed by atoms with Crippen molar-refractivity contribution in [2.45, 2.75) is 6.17 Å². The van der Waals surface area contributed by atoms with Gasteiger partial charge in [-0.25, -0.2) is 9.37 Å². The number of nitrogens with zero attached hydrogens (tertiary/aromatic N) is 1. The molecule has 0 fully saturated rings. The monoisotopic (exact) mass is 174 g/mol. The number of pyridine rings is 1. The largest absolute Gasteiger partial charge is 0.327 e. The maximum Gasteiger partial charge on any atom is 0.140 e. The first-order valence-electron chi connectivity index (χ1n) is 3.20. The zero-order valence-corrected chi connectivity index (χ0v) is 6.55. The lowest BCUT2D eigenvalue weighted by molar-refractivity contribution is 0.352. The molecule has 2 nitrogen and oxygen atoms in total. The number of nitrogens with two attached hydrogens (primary N) is 1. The van der Waals surface area contributed by atoms with E-state index in [4.69, 9.17) is 17.3 Å². The van der Waals surface area contributed by atoms with Gasteiger partial charge in [-0.05, 0) is 6.07 Å². The van der Waals surface area contributed by atoms with E-state index in [0.29, 0.717) is 5.56 Å². The molecule has 2 N–H and O–H groups in total. The molecule has 1 unspecified atom stereocenters. The van der Waals surface area contributed by atoms with Crippen LogP contribution in [0.5, 0.6) is 0 Å². The second-order valence-corrected chi connectivity index (χ2v) is 2.44. The molecule has 0 saturated carbocycles. The van der Waals surface area contributed by atoms with Crippen molar-refractivity contribution in [1.29, 1.82) is 0 Å². The number of hydrogen-bond acceptors (Lipinski definition) is 2. The average Bonchev–Trinajstić information content (AvgIpc) is 2.04. The highest BCUT2D eigenvalue weighted by Gasteiger charge is 2.10. The van der Waals surface area contributed by atoms with Crippen molar-refractivity contribution in [2.24, 2.45) is 5.73 Å². The molecule has 0 aliphatic heterocycles. The van der Waals surface area contributed by atoms with Gasteiger partial charge in [-0.15, -0.1) is 0 Å². The van der Waals surface area contributed by atoms with Crippen LogP contribution >= 0.6 is 11.6 Å². The third-order valence-corrected chi connectivity index (χ3v) is 1.65. The first kappa shape index (κ1) is 8.43. The summed E-state index contributed by atoms with van der Waals surface area (Å²) in [6.07, 6.45) is 0.297. The maximum absolute atomic E-state index is 12.9. The molecular formula is C7H8ClFN2. The van der Waals surface area contributed by atoms with Crippen LogP contribution in [0.25, 0.3) is 0 Å². The first-order chi connectivity index (χ1) is 5.25. The minimum Gasteiger partial charge on any atom is -0.327 e. The molecule has 0 radical (unpaired) electrons. The summed E-state index contributed by atoms with van der Waals surface area (Å²) in [7, 11) is 0. The molecule has 1 aromatic rings. The van der Waals surface area contributed by atoms with E-state index in [1.165, 1.54) is 6.20 Å². The standard InChI is InChI=1S/C7H8ClFN2/c8-7-5(6(9)4-10)2-1-3-11-7/h1-3,6H,4,10H2. The van der Waals surface area contributed by atoms with Gasteiger partial charge in [0.15, 0.2) is 0 Å². The Morgan fingerprint density at radius 1 is 1.73 bits per heavy atom. The quantitative estimate of drug-likeness (QED) is 0.694. The topological polar surface area (TPSA) is 38.9 Å². The number of aromatic nitrogens is 1. The van der Waals surface area contributed by atoms with Gasteiger partial charge >= 0.3 is 0 Å². The van der Waals surface area contributed by atoms with E-state index in [1.807, 2.05) is 0 Å². The van der Waals surface area contributed by atoms with Crippen molar-refractivity contribution in [1.82, 2.24) is 4.98 Å². The highest BCUT2D eigenvalue weighted by molar-refractivity contribution is 6.30. The summed E-state index contributed by atoms with van der Waals surface area (Å²) in [5, 5.41) is 0.186. The molecule has 60 valence electrons. The predicted octanol–water partition coefficient (Wildman–Crippen LogP) is 1.70. The highest BCUT2D eigenvalue weighted by Crippen LogP contribution is 2.21. The number of alkyl halides is 1. The summed E-state index contributed by atoms with van der Waals surface area (Å²) >= 11 is 5.59. The third-order valence-electron chi connectivity index (χ3n) is 1.33. The van der Waals surface area contributed by atoms with E-state index < -0.39 is 6.17 Å². The zero-order chi connectivity index (χ0) is 8.27. The van der Waals surface area contributed by atoms with Gasteiger partial charge in [0.1, 0.15) is 11.3 Å². The van der Waals surface area contributed by atoms with E-state index in [1.54, 1.807) is 12.1 Å². The lowest BCUT2D eigenvalue weighted by Gasteiger charge is -2.05. The van der Waals surface area contributed by atoms with E-state index in [2.05, 4.69) is 4.98 Å². The molecule has 0 spiro atoms. The molecule has 0 aliphatic rings. The van der Waals surface area contributed by atoms with Crippen LogP contribution < -0.4 is 5.73 Å². The summed E-state index contributed by atoms with van der Waals surface area (Å²) in [5.74, 6) is 0. The zero-order valence-electron chi connectivity index (χ0n) is 5.80. The Labute approximate surface area is 69.2 Å². The molecule has 0 amide bonds. The molecule has 11 heavy (non-hydrogen) atoms. The minimum atomic E-state index is -1.21. The maximum atomic E-state index is 12.9. The van der Waals surface area contributed by atoms with E-state index >= 15 is 0 Å². The molecule has 0 aromatic carbocycles. The Hall–Kier alpha value is -0.670. The normalized spacial score (nSPS) is 13.0. The second-order valence-electron chi connectivity index (χ2n) is 2.09. The molecule has 1 rings (SSSR count). The Morgan fingerprint density at radius 2 is 2.45 bits per heavy atom. The van der Waals surface area contributed by atoms with Crippen LogP contribution in [0.2, 0.25) is 5.15 Å². The molecule has 1 heterocycles. The SMILES string of the molecule is NCC(F)c1cccnc1Cl. The summed E-state index contributed by atoms with van der Waals surface area (Å²) in [6, 6.07) is 3.20. The fraction of sp³-hybridized carbons (Fsp3) is 0.286. The number of hydrogen-bond donors (Lipinski definition) is 1. The molecule has 0 bridgehead atoms. The van der Waals surface area contributed by atoms with Crippen LogP contribution in [-0.2, 0) is 0 Å². The van der Waals surface area contributed by atoms with Crippen molar-refractivity contribution in [3.63, 3.8) is 0 Å². The number of rotatable bonds is 2. The molecule has 0 aliphatic carbocycles. The lowest BCUT2D eigenvalue weighted by atomic mass is 10.2. The second kappa shape index (κ2) is 3.64. The van der Waals surface area contributed by atoms with E-state index in [9.17, 15) is 4.39 Å². The van der Waals surface area contributed by atoms with Gasteiger partial charge in [-0.1, -0.05) is 17.7 Å². The Morgan fingerprint density at radius 3 is 3.00 bits per heavy atom. The number of halogens is 2. The molecule has 1 atom stereocenters.